The van der Waals surface area contributed by atoms with Crippen LogP contribution in [-0.4, -0.2) is 38.7 Å². The van der Waals surface area contributed by atoms with Crippen molar-refractivity contribution in [1.29, 1.82) is 0 Å². The van der Waals surface area contributed by atoms with Crippen LogP contribution in [0.4, 0.5) is 0 Å². The number of nitrogens with one attached hydrogen (secondary N) is 3. The number of aliphatic hydroxyl groups excluding tert-OH is 1. The molecule has 2 aromatic heterocycles. The van der Waals surface area contributed by atoms with E-state index in [1.54, 1.807) is 6.20 Å². The van der Waals surface area contributed by atoms with Crippen LogP contribution < -0.4 is 10.1 Å². The average Bonchev–Trinajstić information content (AvgIpc) is 3.65. The van der Waals surface area contributed by atoms with Crippen LogP contribution in [0.3, 0.4) is 0 Å². The number of aromatic amines is 2. The van der Waals surface area contributed by atoms with Gasteiger partial charge in [0.2, 0.25) is 0 Å². The number of H-pyrrole nitrogens is 2. The van der Waals surface area contributed by atoms with Crippen molar-refractivity contribution in [2.75, 3.05) is 7.11 Å². The van der Waals surface area contributed by atoms with Gasteiger partial charge in [0, 0.05) is 46.7 Å². The van der Waals surface area contributed by atoms with Gasteiger partial charge in [-0.3, -0.25) is 4.79 Å². The largest absolute Gasteiger partial charge is 0.469 e. The van der Waals surface area contributed by atoms with Gasteiger partial charge in [-0.1, -0.05) is 36.4 Å². The zero-order valence-electron chi connectivity index (χ0n) is 23.8. The Morgan fingerprint density at radius 1 is 1.07 bits per heavy atom. The zero-order chi connectivity index (χ0) is 29.0. The second-order valence-corrected chi connectivity index (χ2v) is 11.1. The van der Waals surface area contributed by atoms with Crippen LogP contribution in [0.25, 0.3) is 22.3 Å². The summed E-state index contributed by atoms with van der Waals surface area (Å²) in [5, 5.41) is 15.8. The molecule has 5 rings (SSSR count). The lowest BCUT2D eigenvalue weighted by atomic mass is 10.0. The molecule has 0 bridgehead atoms. The van der Waals surface area contributed by atoms with E-state index in [2.05, 4.69) is 47.1 Å². The number of methoxy groups -OCH3 is 1. The Morgan fingerprint density at radius 3 is 2.71 bits per heavy atom. The quantitative estimate of drug-likeness (QED) is 0.149. The molecule has 41 heavy (non-hydrogen) atoms. The molecule has 0 fully saturated rings. The molecule has 0 aliphatic rings. The van der Waals surface area contributed by atoms with Crippen molar-refractivity contribution in [3.05, 3.63) is 102 Å². The third-order valence-corrected chi connectivity index (χ3v) is 6.94. The van der Waals surface area contributed by atoms with Crippen LogP contribution in [0, 0.1) is 0 Å². The van der Waals surface area contributed by atoms with Gasteiger partial charge >= 0.3 is 5.97 Å². The van der Waals surface area contributed by atoms with E-state index in [0.717, 1.165) is 38.9 Å². The van der Waals surface area contributed by atoms with E-state index in [0.29, 0.717) is 30.2 Å². The molecule has 0 aliphatic carbocycles. The van der Waals surface area contributed by atoms with Crippen LogP contribution in [0.1, 0.15) is 55.7 Å². The zero-order valence-corrected chi connectivity index (χ0v) is 23.8. The van der Waals surface area contributed by atoms with Gasteiger partial charge < -0.3 is 29.9 Å². The molecule has 5 aromatic rings. The van der Waals surface area contributed by atoms with Crippen molar-refractivity contribution in [3.8, 4) is 22.9 Å². The molecule has 1 unspecified atom stereocenters. The summed E-state index contributed by atoms with van der Waals surface area (Å²) >= 11 is 0. The minimum Gasteiger partial charge on any atom is -0.469 e. The molecular weight excluding hydrogens is 516 g/mol. The van der Waals surface area contributed by atoms with E-state index in [1.807, 2.05) is 66.9 Å². The lowest BCUT2D eigenvalue weighted by Gasteiger charge is -2.22. The SMILES string of the molecule is COC(=O)CCc1cccc(C(O)c2cnc(-c3cccc(Oc4ccc5[nH]ccc5c4CNC(C)(C)C)c3)[nH]2)c1. The number of hydrogen-bond donors (Lipinski definition) is 4. The Hall–Kier alpha value is -4.40. The maximum Gasteiger partial charge on any atom is 0.305 e. The topological polar surface area (TPSA) is 112 Å². The van der Waals surface area contributed by atoms with Crippen LogP contribution in [0.5, 0.6) is 11.5 Å². The molecule has 0 radical (unpaired) electrons. The van der Waals surface area contributed by atoms with Gasteiger partial charge in [0.15, 0.2) is 0 Å². The fraction of sp³-hybridized carbons (Fsp3) is 0.273. The molecule has 1 atom stereocenters. The highest BCUT2D eigenvalue weighted by Gasteiger charge is 2.17. The fourth-order valence-corrected chi connectivity index (χ4v) is 4.71. The van der Waals surface area contributed by atoms with Gasteiger partial charge in [-0.15, -0.1) is 0 Å². The first-order chi connectivity index (χ1) is 19.7. The normalized spacial score (nSPS) is 12.4. The predicted octanol–water partition coefficient (Wildman–Crippen LogP) is 6.43. The highest BCUT2D eigenvalue weighted by molar-refractivity contribution is 5.85. The fourth-order valence-electron chi connectivity index (χ4n) is 4.71. The molecule has 8 nitrogen and oxygen atoms in total. The molecule has 0 spiro atoms. The number of aliphatic hydroxyl groups is 1. The Balaban J connectivity index is 1.35. The molecule has 8 heteroatoms. The van der Waals surface area contributed by atoms with Gasteiger partial charge in [0.05, 0.1) is 19.0 Å². The summed E-state index contributed by atoms with van der Waals surface area (Å²) in [5.41, 5.74) is 5.19. The van der Waals surface area contributed by atoms with Gasteiger partial charge in [0.25, 0.3) is 0 Å². The van der Waals surface area contributed by atoms with Crippen molar-refractivity contribution in [2.24, 2.45) is 0 Å². The number of benzene rings is 3. The number of hydrogen-bond acceptors (Lipinski definition) is 6. The van der Waals surface area contributed by atoms with Gasteiger partial charge in [-0.05, 0) is 68.7 Å². The molecule has 4 N–H and O–H groups in total. The molecular formula is C33H36N4O4. The first-order valence-corrected chi connectivity index (χ1v) is 13.7. The lowest BCUT2D eigenvalue weighted by Crippen LogP contribution is -2.35. The number of carbonyl (C=O) groups excluding carboxylic acids is 1. The first kappa shape index (κ1) is 28.1. The molecule has 0 amide bonds. The van der Waals surface area contributed by atoms with Gasteiger partial charge in [-0.25, -0.2) is 4.98 Å². The Kier molecular flexibility index (Phi) is 8.23. The summed E-state index contributed by atoms with van der Waals surface area (Å²) in [5.74, 6) is 1.84. The minimum atomic E-state index is -0.889. The van der Waals surface area contributed by atoms with Crippen molar-refractivity contribution < 1.29 is 19.4 Å². The van der Waals surface area contributed by atoms with Gasteiger partial charge in [-0.2, -0.15) is 0 Å². The summed E-state index contributed by atoms with van der Waals surface area (Å²) in [6.45, 7) is 7.09. The van der Waals surface area contributed by atoms with Crippen molar-refractivity contribution >= 4 is 16.9 Å². The van der Waals surface area contributed by atoms with E-state index in [4.69, 9.17) is 9.47 Å². The third-order valence-electron chi connectivity index (χ3n) is 6.94. The maximum atomic E-state index is 11.5. The number of fused-ring (bicyclic) bond motifs is 1. The van der Waals surface area contributed by atoms with E-state index in [1.165, 1.54) is 7.11 Å². The van der Waals surface area contributed by atoms with E-state index in [-0.39, 0.29) is 17.9 Å². The average molecular weight is 553 g/mol. The van der Waals surface area contributed by atoms with E-state index < -0.39 is 6.10 Å². The monoisotopic (exact) mass is 552 g/mol. The van der Waals surface area contributed by atoms with Crippen molar-refractivity contribution in [2.45, 2.75) is 51.8 Å². The molecule has 0 aliphatic heterocycles. The van der Waals surface area contributed by atoms with Crippen molar-refractivity contribution in [3.63, 3.8) is 0 Å². The smallest absolute Gasteiger partial charge is 0.305 e. The first-order valence-electron chi connectivity index (χ1n) is 13.7. The highest BCUT2D eigenvalue weighted by atomic mass is 16.5. The molecule has 3 aromatic carbocycles. The summed E-state index contributed by atoms with van der Waals surface area (Å²) in [7, 11) is 1.38. The molecule has 2 heterocycles. The third kappa shape index (κ3) is 6.85. The number of rotatable bonds is 10. The Bertz CT molecular complexity index is 1650. The predicted molar refractivity (Wildman–Crippen MR) is 160 cm³/mol. The maximum absolute atomic E-state index is 11.5. The molecule has 0 saturated heterocycles. The Labute approximate surface area is 239 Å². The highest BCUT2D eigenvalue weighted by Crippen LogP contribution is 2.33. The molecule has 212 valence electrons. The number of ether oxygens (including phenoxy) is 2. The molecule has 0 saturated carbocycles. The standard InChI is InChI=1S/C33H36N4O4/c1-33(2,3)36-19-26-25-15-16-34-27(25)12-13-29(26)41-24-10-6-9-23(18-24)32-35-20-28(37-32)31(39)22-8-5-7-21(17-22)11-14-30(38)40-4/h5-10,12-13,15-18,20,31,34,36,39H,11,14,19H2,1-4H3,(H,35,37). The van der Waals surface area contributed by atoms with Gasteiger partial charge in [0.1, 0.15) is 23.4 Å². The Morgan fingerprint density at radius 2 is 1.90 bits per heavy atom. The van der Waals surface area contributed by atoms with E-state index >= 15 is 0 Å². The number of esters is 1. The second-order valence-electron chi connectivity index (χ2n) is 11.1. The van der Waals surface area contributed by atoms with Crippen LogP contribution >= 0.6 is 0 Å². The van der Waals surface area contributed by atoms with Crippen LogP contribution in [-0.2, 0) is 22.5 Å². The van der Waals surface area contributed by atoms with E-state index in [9.17, 15) is 9.90 Å². The van der Waals surface area contributed by atoms with Crippen LogP contribution in [0.15, 0.2) is 79.1 Å². The summed E-state index contributed by atoms with van der Waals surface area (Å²) in [6.07, 6.45) is 3.53. The lowest BCUT2D eigenvalue weighted by molar-refractivity contribution is -0.140. The number of aromatic nitrogens is 3. The summed E-state index contributed by atoms with van der Waals surface area (Å²) in [4.78, 5) is 22.6. The summed E-state index contributed by atoms with van der Waals surface area (Å²) < 4.78 is 11.2. The summed E-state index contributed by atoms with van der Waals surface area (Å²) in [6, 6.07) is 21.4. The van der Waals surface area contributed by atoms with Crippen LogP contribution in [0.2, 0.25) is 0 Å². The number of aryl methyl sites for hydroxylation is 1. The van der Waals surface area contributed by atoms with Crippen molar-refractivity contribution in [1.82, 2.24) is 20.3 Å². The minimum absolute atomic E-state index is 0.0401. The number of imidazole rings is 1. The number of carbonyl (C=O) groups is 1. The second kappa shape index (κ2) is 12.0. The number of nitrogens with zero attached hydrogens (tertiary/aromatic N) is 1.